The van der Waals surface area contributed by atoms with Crippen LogP contribution in [0.25, 0.3) is 33.9 Å². The lowest BCUT2D eigenvalue weighted by Gasteiger charge is -2.11. The molecular formula is C21H22N4O2. The van der Waals surface area contributed by atoms with Crippen LogP contribution in [0.3, 0.4) is 0 Å². The molecule has 138 valence electrons. The lowest BCUT2D eigenvalue weighted by molar-refractivity contribution is 0.518. The molecule has 1 aliphatic carbocycles. The van der Waals surface area contributed by atoms with Gasteiger partial charge >= 0.3 is 5.69 Å². The zero-order chi connectivity index (χ0) is 18.5. The summed E-state index contributed by atoms with van der Waals surface area (Å²) >= 11 is 0. The third kappa shape index (κ3) is 2.63. The summed E-state index contributed by atoms with van der Waals surface area (Å²) in [6.45, 7) is 3.91. The summed E-state index contributed by atoms with van der Waals surface area (Å²) in [6.07, 6.45) is 4.56. The van der Waals surface area contributed by atoms with E-state index in [4.69, 9.17) is 9.40 Å². The smallest absolute Gasteiger partial charge is 0.326 e. The minimum atomic E-state index is -0.0143. The molecule has 1 aliphatic rings. The molecule has 0 saturated heterocycles. The van der Waals surface area contributed by atoms with Crippen LogP contribution in [-0.2, 0) is 0 Å². The van der Waals surface area contributed by atoms with Gasteiger partial charge in [-0.3, -0.25) is 4.57 Å². The van der Waals surface area contributed by atoms with Gasteiger partial charge in [-0.25, -0.2) is 9.78 Å². The molecule has 0 aliphatic heterocycles. The first-order valence-corrected chi connectivity index (χ1v) is 9.48. The van der Waals surface area contributed by atoms with Gasteiger partial charge in [0.1, 0.15) is 5.76 Å². The van der Waals surface area contributed by atoms with Gasteiger partial charge in [-0.2, -0.15) is 0 Å². The summed E-state index contributed by atoms with van der Waals surface area (Å²) < 4.78 is 7.61. The summed E-state index contributed by atoms with van der Waals surface area (Å²) in [5.41, 5.74) is 4.64. The second-order valence-corrected chi connectivity index (χ2v) is 7.44. The predicted molar refractivity (Wildman–Crippen MR) is 105 cm³/mol. The van der Waals surface area contributed by atoms with Crippen LogP contribution in [0.5, 0.6) is 0 Å². The van der Waals surface area contributed by atoms with Gasteiger partial charge in [0.2, 0.25) is 0 Å². The van der Waals surface area contributed by atoms with Crippen LogP contribution in [0.15, 0.2) is 39.5 Å². The second kappa shape index (κ2) is 6.01. The Hall–Kier alpha value is -3.02. The van der Waals surface area contributed by atoms with E-state index in [1.807, 2.05) is 48.7 Å². The Kier molecular flexibility index (Phi) is 3.60. The number of hydrogen-bond acceptors (Lipinski definition) is 3. The van der Waals surface area contributed by atoms with Gasteiger partial charge in [-0.15, -0.1) is 0 Å². The van der Waals surface area contributed by atoms with E-state index >= 15 is 0 Å². The van der Waals surface area contributed by atoms with E-state index < -0.39 is 0 Å². The zero-order valence-corrected chi connectivity index (χ0v) is 15.5. The van der Waals surface area contributed by atoms with Gasteiger partial charge in [0.25, 0.3) is 0 Å². The molecule has 1 saturated carbocycles. The lowest BCUT2D eigenvalue weighted by atomic mass is 10.1. The van der Waals surface area contributed by atoms with E-state index in [0.717, 1.165) is 52.3 Å². The number of nitrogens with one attached hydrogen (secondary N) is 2. The fourth-order valence-electron chi connectivity index (χ4n) is 4.22. The number of imidazole rings is 2. The monoisotopic (exact) mass is 362 g/mol. The van der Waals surface area contributed by atoms with Crippen LogP contribution in [-0.4, -0.2) is 19.5 Å². The van der Waals surface area contributed by atoms with E-state index in [-0.39, 0.29) is 5.69 Å². The van der Waals surface area contributed by atoms with Gasteiger partial charge in [-0.1, -0.05) is 18.9 Å². The molecule has 0 radical (unpaired) electrons. The highest BCUT2D eigenvalue weighted by Crippen LogP contribution is 2.32. The van der Waals surface area contributed by atoms with Gasteiger partial charge in [-0.05, 0) is 51.0 Å². The van der Waals surface area contributed by atoms with Crippen molar-refractivity contribution in [2.45, 2.75) is 45.6 Å². The lowest BCUT2D eigenvalue weighted by Crippen LogP contribution is -2.20. The number of aromatic amines is 2. The van der Waals surface area contributed by atoms with Crippen molar-refractivity contribution in [2.75, 3.05) is 0 Å². The molecule has 3 heterocycles. The van der Waals surface area contributed by atoms with E-state index in [1.165, 1.54) is 12.8 Å². The quantitative estimate of drug-likeness (QED) is 0.554. The number of nitrogens with zero attached hydrogens (tertiary/aromatic N) is 2. The first kappa shape index (κ1) is 16.2. The Morgan fingerprint density at radius 1 is 1.11 bits per heavy atom. The van der Waals surface area contributed by atoms with Crippen LogP contribution in [0.2, 0.25) is 0 Å². The Labute approximate surface area is 156 Å². The number of furan rings is 1. The number of aromatic nitrogens is 4. The first-order chi connectivity index (χ1) is 13.1. The number of H-pyrrole nitrogens is 2. The number of fused-ring (bicyclic) bond motifs is 1. The van der Waals surface area contributed by atoms with E-state index in [9.17, 15) is 4.79 Å². The maximum absolute atomic E-state index is 12.5. The molecule has 0 atom stereocenters. The van der Waals surface area contributed by atoms with Crippen LogP contribution in [0.1, 0.15) is 43.2 Å². The third-order valence-electron chi connectivity index (χ3n) is 5.54. The molecule has 1 aromatic carbocycles. The minimum absolute atomic E-state index is 0.0143. The molecule has 6 heteroatoms. The van der Waals surface area contributed by atoms with Gasteiger partial charge < -0.3 is 14.4 Å². The normalized spacial score (nSPS) is 15.2. The number of aryl methyl sites for hydroxylation is 2. The maximum Gasteiger partial charge on any atom is 0.326 e. The molecule has 0 amide bonds. The SMILES string of the molecule is Cc1ccc(-c2nc(-c3ccc4c(c3)[nH]c(=O)n4C3CCCC3)c(C)[nH]2)o1. The van der Waals surface area contributed by atoms with Crippen LogP contribution in [0, 0.1) is 13.8 Å². The maximum atomic E-state index is 12.5. The summed E-state index contributed by atoms with van der Waals surface area (Å²) in [4.78, 5) is 23.6. The Bertz CT molecular complexity index is 1180. The average molecular weight is 362 g/mol. The summed E-state index contributed by atoms with van der Waals surface area (Å²) in [5.74, 6) is 2.30. The molecule has 3 aromatic heterocycles. The fraction of sp³-hybridized carbons (Fsp3) is 0.333. The molecular weight excluding hydrogens is 340 g/mol. The number of hydrogen-bond donors (Lipinski definition) is 2. The molecule has 2 N–H and O–H groups in total. The van der Waals surface area contributed by atoms with Crippen LogP contribution < -0.4 is 5.69 Å². The Balaban J connectivity index is 1.58. The van der Waals surface area contributed by atoms with Gasteiger partial charge in [0.05, 0.1) is 16.7 Å². The summed E-state index contributed by atoms with van der Waals surface area (Å²) in [7, 11) is 0. The van der Waals surface area contributed by atoms with E-state index in [0.29, 0.717) is 11.9 Å². The zero-order valence-electron chi connectivity index (χ0n) is 15.5. The van der Waals surface area contributed by atoms with Crippen molar-refractivity contribution in [1.82, 2.24) is 19.5 Å². The number of rotatable bonds is 3. The van der Waals surface area contributed by atoms with E-state index in [1.54, 1.807) is 0 Å². The van der Waals surface area contributed by atoms with Crippen LogP contribution >= 0.6 is 0 Å². The van der Waals surface area contributed by atoms with Crippen molar-refractivity contribution < 1.29 is 4.42 Å². The molecule has 4 aromatic rings. The standard InChI is InChI=1S/C21H22N4O2/c1-12-7-10-18(27-12)20-22-13(2)19(24-20)14-8-9-17-16(11-14)23-21(26)25(17)15-5-3-4-6-15/h7-11,15H,3-6H2,1-2H3,(H,22,24)(H,23,26). The molecule has 27 heavy (non-hydrogen) atoms. The molecule has 0 spiro atoms. The predicted octanol–water partition coefficient (Wildman–Crippen LogP) is 4.71. The topological polar surface area (TPSA) is 79.6 Å². The van der Waals surface area contributed by atoms with Crippen molar-refractivity contribution in [2.24, 2.45) is 0 Å². The molecule has 0 unspecified atom stereocenters. The molecule has 0 bridgehead atoms. The fourth-order valence-corrected chi connectivity index (χ4v) is 4.22. The van der Waals surface area contributed by atoms with Crippen molar-refractivity contribution in [3.05, 3.63) is 52.3 Å². The Morgan fingerprint density at radius 3 is 2.67 bits per heavy atom. The van der Waals surface area contributed by atoms with Gasteiger partial charge in [0.15, 0.2) is 11.6 Å². The molecule has 5 rings (SSSR count). The van der Waals surface area contributed by atoms with Crippen molar-refractivity contribution in [3.8, 4) is 22.8 Å². The largest absolute Gasteiger partial charge is 0.458 e. The van der Waals surface area contributed by atoms with Crippen molar-refractivity contribution in [3.63, 3.8) is 0 Å². The summed E-state index contributed by atoms with van der Waals surface area (Å²) in [6, 6.07) is 10.3. The molecule has 1 fully saturated rings. The average Bonchev–Trinajstić information content (AvgIpc) is 3.40. The van der Waals surface area contributed by atoms with Crippen LogP contribution in [0.4, 0.5) is 0 Å². The van der Waals surface area contributed by atoms with Crippen molar-refractivity contribution >= 4 is 11.0 Å². The van der Waals surface area contributed by atoms with E-state index in [2.05, 4.69) is 9.97 Å². The highest BCUT2D eigenvalue weighted by Gasteiger charge is 2.21. The first-order valence-electron chi connectivity index (χ1n) is 9.48. The van der Waals surface area contributed by atoms with Crippen molar-refractivity contribution in [1.29, 1.82) is 0 Å². The number of benzene rings is 1. The summed E-state index contributed by atoms with van der Waals surface area (Å²) in [5, 5.41) is 0. The van der Waals surface area contributed by atoms with Gasteiger partial charge in [0, 0.05) is 17.3 Å². The highest BCUT2D eigenvalue weighted by molar-refractivity contribution is 5.82. The highest BCUT2D eigenvalue weighted by atomic mass is 16.3. The minimum Gasteiger partial charge on any atom is -0.458 e. The second-order valence-electron chi connectivity index (χ2n) is 7.44. The third-order valence-corrected chi connectivity index (χ3v) is 5.54. The Morgan fingerprint density at radius 2 is 1.93 bits per heavy atom. The molecule has 6 nitrogen and oxygen atoms in total.